The smallest absolute Gasteiger partial charge is 0.0648 e. The minimum absolute atomic E-state index is 0.592. The first kappa shape index (κ1) is 34.7. The average molecular weight is 798 g/mol. The zero-order chi connectivity index (χ0) is 41.3. The van der Waals surface area contributed by atoms with Crippen molar-refractivity contribution in [2.45, 2.75) is 10.8 Å². The molecule has 3 aliphatic rings. The van der Waals surface area contributed by atoms with Gasteiger partial charge in [0.25, 0.3) is 0 Å². The van der Waals surface area contributed by atoms with Crippen molar-refractivity contribution in [2.24, 2.45) is 0 Å². The molecule has 0 heterocycles. The van der Waals surface area contributed by atoms with Crippen LogP contribution in [0.5, 0.6) is 0 Å². The van der Waals surface area contributed by atoms with Gasteiger partial charge in [0.2, 0.25) is 0 Å². The Morgan fingerprint density at radius 3 is 1.11 bits per heavy atom. The van der Waals surface area contributed by atoms with Gasteiger partial charge < -0.3 is 4.90 Å². The topological polar surface area (TPSA) is 3.24 Å². The Hall–Kier alpha value is -8.00. The summed E-state index contributed by atoms with van der Waals surface area (Å²) in [5.41, 5.74) is 17.9. The summed E-state index contributed by atoms with van der Waals surface area (Å²) in [5, 5.41) is 7.62. The maximum Gasteiger partial charge on any atom is 0.0648 e. The Labute approximate surface area is 366 Å². The molecule has 0 aromatic heterocycles. The zero-order valence-corrected chi connectivity index (χ0v) is 34.5. The number of rotatable bonds is 3. The first-order valence-corrected chi connectivity index (χ1v) is 22.1. The third kappa shape index (κ3) is 4.27. The van der Waals surface area contributed by atoms with E-state index in [0.717, 1.165) is 17.1 Å². The van der Waals surface area contributed by atoms with Crippen LogP contribution < -0.4 is 4.90 Å². The molecule has 0 aliphatic heterocycles. The second kappa shape index (κ2) is 12.8. The molecule has 0 N–H and O–H groups in total. The largest absolute Gasteiger partial charge is 0.310 e. The fourth-order valence-corrected chi connectivity index (χ4v) is 12.7. The molecule has 1 heteroatoms. The third-order valence-electron chi connectivity index (χ3n) is 14.8. The third-order valence-corrected chi connectivity index (χ3v) is 14.8. The fourth-order valence-electron chi connectivity index (χ4n) is 12.7. The van der Waals surface area contributed by atoms with Crippen LogP contribution in [0.2, 0.25) is 0 Å². The Bertz CT molecular complexity index is 3580. The van der Waals surface area contributed by atoms with Crippen LogP contribution in [0.25, 0.3) is 65.7 Å². The molecule has 0 saturated heterocycles. The molecule has 0 radical (unpaired) electrons. The maximum absolute atomic E-state index is 2.52. The molecule has 0 amide bonds. The summed E-state index contributed by atoms with van der Waals surface area (Å²) in [6.45, 7) is 0. The van der Waals surface area contributed by atoms with E-state index in [0.29, 0.717) is 0 Å². The second-order valence-corrected chi connectivity index (χ2v) is 17.4. The van der Waals surface area contributed by atoms with Crippen molar-refractivity contribution in [1.29, 1.82) is 0 Å². The summed E-state index contributed by atoms with van der Waals surface area (Å²) in [6.07, 6.45) is 0. The van der Waals surface area contributed by atoms with E-state index in [1.54, 1.807) is 0 Å². The van der Waals surface area contributed by atoms with E-state index >= 15 is 0 Å². The molecule has 292 valence electrons. The lowest BCUT2D eigenvalue weighted by Gasteiger charge is -2.62. The van der Waals surface area contributed by atoms with Gasteiger partial charge in [-0.25, -0.2) is 0 Å². The number of nitrogens with zero attached hydrogens (tertiary/aromatic N) is 1. The van der Waals surface area contributed by atoms with Gasteiger partial charge in [0.05, 0.1) is 16.5 Å². The summed E-state index contributed by atoms with van der Waals surface area (Å²) in [5.74, 6) is 0. The van der Waals surface area contributed by atoms with Gasteiger partial charge in [-0.05, 0) is 124 Å². The molecule has 1 nitrogen and oxygen atoms in total. The predicted molar refractivity (Wildman–Crippen MR) is 263 cm³/mol. The summed E-state index contributed by atoms with van der Waals surface area (Å²) in [7, 11) is 0. The molecule has 0 fully saturated rings. The first-order chi connectivity index (χ1) is 31.3. The molecular formula is C62H39N. The summed E-state index contributed by atoms with van der Waals surface area (Å²) in [6, 6.07) is 89.4. The maximum atomic E-state index is 2.52. The number of anilines is 3. The minimum atomic E-state index is -0.635. The van der Waals surface area contributed by atoms with E-state index in [2.05, 4.69) is 241 Å². The van der Waals surface area contributed by atoms with Crippen LogP contribution in [-0.2, 0) is 10.8 Å². The monoisotopic (exact) mass is 797 g/mol. The molecule has 0 atom stereocenters. The zero-order valence-electron chi connectivity index (χ0n) is 34.5. The van der Waals surface area contributed by atoms with Crippen molar-refractivity contribution < 1.29 is 0 Å². The van der Waals surface area contributed by atoms with Gasteiger partial charge >= 0.3 is 0 Å². The van der Waals surface area contributed by atoms with Crippen LogP contribution in [0.1, 0.15) is 33.4 Å². The Kier molecular flexibility index (Phi) is 7.03. The Morgan fingerprint density at radius 2 is 0.603 bits per heavy atom. The Morgan fingerprint density at radius 1 is 0.238 bits per heavy atom. The van der Waals surface area contributed by atoms with Crippen molar-refractivity contribution in [2.75, 3.05) is 4.90 Å². The van der Waals surface area contributed by atoms with Crippen LogP contribution in [0.4, 0.5) is 17.1 Å². The van der Waals surface area contributed by atoms with Gasteiger partial charge in [0.1, 0.15) is 0 Å². The summed E-state index contributed by atoms with van der Waals surface area (Å²) >= 11 is 0. The highest BCUT2D eigenvalue weighted by molar-refractivity contribution is 6.26. The standard InChI is InChI=1S/C62H39N/c1-2-19-40(20-3-1)63(41-37-38-46-44-23-5-4-21-42(44)43-22-6-7-24-45(43)52(46)39-41)59-36-18-35-58-60(59)51-29-12-17-34-57(51)61-53-30-13-8-25-47(53)49-27-10-15-32-55(49)62(58,61)56-33-16-11-28-50(56)48-26-9-14-31-54(48)61/h1-39H. The molecule has 63 heavy (non-hydrogen) atoms. The molecule has 0 bridgehead atoms. The Balaban J connectivity index is 1.16. The molecule has 3 aliphatic carbocycles. The summed E-state index contributed by atoms with van der Waals surface area (Å²) < 4.78 is 0. The average Bonchev–Trinajstić information content (AvgIpc) is 3.37. The highest BCUT2D eigenvalue weighted by Gasteiger charge is 2.67. The van der Waals surface area contributed by atoms with Gasteiger partial charge in [-0.1, -0.05) is 206 Å². The van der Waals surface area contributed by atoms with Crippen LogP contribution in [0.3, 0.4) is 0 Å². The van der Waals surface area contributed by atoms with E-state index in [-0.39, 0.29) is 0 Å². The first-order valence-electron chi connectivity index (χ1n) is 22.1. The SMILES string of the molecule is c1ccc(N(c2ccc3c4ccccc4c4ccccc4c3c2)c2cccc3c2-c2ccccc2C24c5ccccc5-c5ccccc5C32c2ccccc2-c2ccccc24)cc1. The quantitative estimate of drug-likeness (QED) is 0.161. The molecule has 14 rings (SSSR count). The van der Waals surface area contributed by atoms with Crippen molar-refractivity contribution in [1.82, 2.24) is 0 Å². The summed E-state index contributed by atoms with van der Waals surface area (Å²) in [4.78, 5) is 2.52. The van der Waals surface area contributed by atoms with Gasteiger partial charge in [0.15, 0.2) is 0 Å². The molecule has 0 unspecified atom stereocenters. The number of para-hydroxylation sites is 1. The minimum Gasteiger partial charge on any atom is -0.310 e. The number of hydrogen-bond acceptors (Lipinski definition) is 1. The van der Waals surface area contributed by atoms with Crippen LogP contribution >= 0.6 is 0 Å². The van der Waals surface area contributed by atoms with E-state index in [1.807, 2.05) is 0 Å². The van der Waals surface area contributed by atoms with Crippen molar-refractivity contribution in [3.8, 4) is 33.4 Å². The van der Waals surface area contributed by atoms with Crippen molar-refractivity contribution >= 4 is 49.4 Å². The van der Waals surface area contributed by atoms with Crippen LogP contribution in [0, 0.1) is 0 Å². The van der Waals surface area contributed by atoms with Crippen molar-refractivity contribution in [3.63, 3.8) is 0 Å². The highest BCUT2D eigenvalue weighted by atomic mass is 15.1. The lowest BCUT2D eigenvalue weighted by atomic mass is 9.38. The van der Waals surface area contributed by atoms with Gasteiger partial charge in [-0.2, -0.15) is 0 Å². The van der Waals surface area contributed by atoms with Gasteiger partial charge in [-0.15, -0.1) is 0 Å². The molecule has 0 spiro atoms. The van der Waals surface area contributed by atoms with Gasteiger partial charge in [-0.3, -0.25) is 0 Å². The highest BCUT2D eigenvalue weighted by Crippen LogP contribution is 2.73. The molecule has 0 saturated carbocycles. The van der Waals surface area contributed by atoms with E-state index in [1.165, 1.54) is 99.1 Å². The number of fused-ring (bicyclic) bond motifs is 15. The van der Waals surface area contributed by atoms with Crippen molar-refractivity contribution in [3.05, 3.63) is 270 Å². The van der Waals surface area contributed by atoms with Crippen LogP contribution in [-0.4, -0.2) is 0 Å². The fraction of sp³-hybridized carbons (Fsp3) is 0.0323. The lowest BCUT2D eigenvalue weighted by Crippen LogP contribution is -2.58. The van der Waals surface area contributed by atoms with Gasteiger partial charge in [0, 0.05) is 16.9 Å². The normalized spacial score (nSPS) is 17.3. The van der Waals surface area contributed by atoms with E-state index < -0.39 is 10.8 Å². The molecular weight excluding hydrogens is 759 g/mol. The number of hydrogen-bond donors (Lipinski definition) is 0. The predicted octanol–water partition coefficient (Wildman–Crippen LogP) is 15.9. The van der Waals surface area contributed by atoms with E-state index in [4.69, 9.17) is 0 Å². The molecule has 11 aromatic carbocycles. The van der Waals surface area contributed by atoms with E-state index in [9.17, 15) is 0 Å². The lowest BCUT2D eigenvalue weighted by molar-refractivity contribution is 0.405. The van der Waals surface area contributed by atoms with Crippen LogP contribution in [0.15, 0.2) is 237 Å². The number of benzene rings is 11. The second-order valence-electron chi connectivity index (χ2n) is 17.4. The molecule has 11 aromatic rings.